The van der Waals surface area contributed by atoms with Gasteiger partial charge in [0, 0.05) is 52.9 Å². The molecular formula is C20H29N3O3. The Bertz CT molecular complexity index is 622. The Labute approximate surface area is 155 Å². The van der Waals surface area contributed by atoms with Crippen LogP contribution in [0.4, 0.5) is 0 Å². The topological polar surface area (TPSA) is 53.1 Å². The van der Waals surface area contributed by atoms with E-state index in [4.69, 9.17) is 4.74 Å². The molecule has 0 N–H and O–H groups in total. The second kappa shape index (κ2) is 8.64. The first-order valence-corrected chi connectivity index (χ1v) is 9.41. The van der Waals surface area contributed by atoms with E-state index in [9.17, 15) is 9.59 Å². The van der Waals surface area contributed by atoms with Crippen LogP contribution >= 0.6 is 0 Å². The maximum atomic E-state index is 13.2. The minimum Gasteiger partial charge on any atom is -0.385 e. The standard InChI is InChI=1S/C20H29N3O3/c1-21-10-11-23(18(15-21)16-7-4-3-5-8-16)20(25)17-13-19(24)22(14-17)9-6-12-26-2/h3-5,7-8,17-18H,6,9-15H2,1-2H3/t17-,18+/m1/s1. The minimum atomic E-state index is -0.223. The molecule has 1 aromatic rings. The van der Waals surface area contributed by atoms with Crippen LogP contribution < -0.4 is 0 Å². The van der Waals surface area contributed by atoms with E-state index in [-0.39, 0.29) is 23.8 Å². The summed E-state index contributed by atoms with van der Waals surface area (Å²) in [4.78, 5) is 31.6. The molecule has 3 rings (SSSR count). The summed E-state index contributed by atoms with van der Waals surface area (Å²) in [6.07, 6.45) is 1.14. The molecule has 0 radical (unpaired) electrons. The lowest BCUT2D eigenvalue weighted by Gasteiger charge is -2.41. The number of carbonyl (C=O) groups excluding carboxylic acids is 2. The molecule has 26 heavy (non-hydrogen) atoms. The van der Waals surface area contributed by atoms with E-state index in [2.05, 4.69) is 24.1 Å². The predicted octanol–water partition coefficient (Wildman–Crippen LogP) is 1.39. The number of carbonyl (C=O) groups is 2. The van der Waals surface area contributed by atoms with E-state index in [1.54, 1.807) is 7.11 Å². The molecular weight excluding hydrogens is 330 g/mol. The molecule has 1 aromatic carbocycles. The monoisotopic (exact) mass is 359 g/mol. The van der Waals surface area contributed by atoms with Crippen LogP contribution in [0.5, 0.6) is 0 Å². The third kappa shape index (κ3) is 4.24. The molecule has 2 saturated heterocycles. The zero-order valence-corrected chi connectivity index (χ0v) is 15.8. The van der Waals surface area contributed by atoms with Crippen molar-refractivity contribution < 1.29 is 14.3 Å². The molecule has 2 amide bonds. The van der Waals surface area contributed by atoms with Crippen molar-refractivity contribution in [3.8, 4) is 0 Å². The molecule has 0 bridgehead atoms. The molecule has 2 atom stereocenters. The summed E-state index contributed by atoms with van der Waals surface area (Å²) in [5, 5.41) is 0. The molecule has 2 aliphatic heterocycles. The average molecular weight is 359 g/mol. The smallest absolute Gasteiger partial charge is 0.228 e. The van der Waals surface area contributed by atoms with Gasteiger partial charge >= 0.3 is 0 Å². The molecule has 142 valence electrons. The van der Waals surface area contributed by atoms with Crippen molar-refractivity contribution in [2.45, 2.75) is 18.9 Å². The van der Waals surface area contributed by atoms with Gasteiger partial charge in [0.15, 0.2) is 0 Å². The molecule has 6 heteroatoms. The van der Waals surface area contributed by atoms with Gasteiger partial charge in [-0.05, 0) is 19.0 Å². The Morgan fingerprint density at radius 2 is 1.96 bits per heavy atom. The molecule has 0 aromatic heterocycles. The fourth-order valence-electron chi connectivity index (χ4n) is 3.93. The fraction of sp³-hybridized carbons (Fsp3) is 0.600. The number of hydrogen-bond donors (Lipinski definition) is 0. The molecule has 2 heterocycles. The quantitative estimate of drug-likeness (QED) is 0.720. The molecule has 0 aliphatic carbocycles. The van der Waals surface area contributed by atoms with Gasteiger partial charge in [0.2, 0.25) is 11.8 Å². The third-order valence-corrected chi connectivity index (χ3v) is 5.39. The van der Waals surface area contributed by atoms with E-state index in [0.717, 1.165) is 25.1 Å². The second-order valence-corrected chi connectivity index (χ2v) is 7.31. The Morgan fingerprint density at radius 3 is 2.69 bits per heavy atom. The highest BCUT2D eigenvalue weighted by Crippen LogP contribution is 2.29. The van der Waals surface area contributed by atoms with E-state index in [1.165, 1.54) is 0 Å². The summed E-state index contributed by atoms with van der Waals surface area (Å²) in [7, 11) is 3.75. The lowest BCUT2D eigenvalue weighted by atomic mass is 9.99. The second-order valence-electron chi connectivity index (χ2n) is 7.31. The highest BCUT2D eigenvalue weighted by atomic mass is 16.5. The number of amides is 2. The van der Waals surface area contributed by atoms with E-state index >= 15 is 0 Å². The summed E-state index contributed by atoms with van der Waals surface area (Å²) in [6, 6.07) is 10.3. The van der Waals surface area contributed by atoms with E-state index < -0.39 is 0 Å². The number of methoxy groups -OCH3 is 1. The summed E-state index contributed by atoms with van der Waals surface area (Å²) >= 11 is 0. The van der Waals surface area contributed by atoms with Crippen LogP contribution in [0.25, 0.3) is 0 Å². The summed E-state index contributed by atoms with van der Waals surface area (Å²) in [6.45, 7) is 4.25. The minimum absolute atomic E-state index is 0.0556. The van der Waals surface area contributed by atoms with Crippen LogP contribution in [0.3, 0.4) is 0 Å². The number of piperazine rings is 1. The summed E-state index contributed by atoms with van der Waals surface area (Å²) in [5.74, 6) is -0.0148. The van der Waals surface area contributed by atoms with Gasteiger partial charge in [0.25, 0.3) is 0 Å². The zero-order chi connectivity index (χ0) is 18.5. The van der Waals surface area contributed by atoms with Crippen molar-refractivity contribution in [2.24, 2.45) is 5.92 Å². The number of nitrogens with zero attached hydrogens (tertiary/aromatic N) is 3. The molecule has 2 aliphatic rings. The van der Waals surface area contributed by atoms with Crippen molar-refractivity contribution in [3.63, 3.8) is 0 Å². The normalized spacial score (nSPS) is 24.3. The van der Waals surface area contributed by atoms with Crippen molar-refractivity contribution >= 4 is 11.8 Å². The van der Waals surface area contributed by atoms with Gasteiger partial charge < -0.3 is 19.4 Å². The van der Waals surface area contributed by atoms with Gasteiger partial charge in [-0.2, -0.15) is 0 Å². The molecule has 0 spiro atoms. The van der Waals surface area contributed by atoms with Crippen molar-refractivity contribution in [3.05, 3.63) is 35.9 Å². The van der Waals surface area contributed by atoms with Crippen LogP contribution in [-0.2, 0) is 14.3 Å². The Morgan fingerprint density at radius 1 is 1.19 bits per heavy atom. The van der Waals surface area contributed by atoms with Crippen LogP contribution in [0.15, 0.2) is 30.3 Å². The Hall–Kier alpha value is -1.92. The van der Waals surface area contributed by atoms with Crippen LogP contribution in [0.1, 0.15) is 24.4 Å². The van der Waals surface area contributed by atoms with E-state index in [1.807, 2.05) is 28.0 Å². The summed E-state index contributed by atoms with van der Waals surface area (Å²) < 4.78 is 5.06. The number of hydrogen-bond acceptors (Lipinski definition) is 4. The number of likely N-dealkylation sites (tertiary alicyclic amines) is 1. The van der Waals surface area contributed by atoms with Crippen LogP contribution in [0.2, 0.25) is 0 Å². The third-order valence-electron chi connectivity index (χ3n) is 5.39. The highest BCUT2D eigenvalue weighted by molar-refractivity contribution is 5.89. The first kappa shape index (κ1) is 18.9. The number of rotatable bonds is 6. The molecule has 6 nitrogen and oxygen atoms in total. The van der Waals surface area contributed by atoms with Crippen molar-refractivity contribution in [2.75, 3.05) is 53.5 Å². The first-order chi connectivity index (χ1) is 12.6. The maximum absolute atomic E-state index is 13.2. The Balaban J connectivity index is 1.68. The zero-order valence-electron chi connectivity index (χ0n) is 15.8. The van der Waals surface area contributed by atoms with Crippen molar-refractivity contribution in [1.82, 2.24) is 14.7 Å². The maximum Gasteiger partial charge on any atom is 0.228 e. The highest BCUT2D eigenvalue weighted by Gasteiger charge is 2.39. The fourth-order valence-corrected chi connectivity index (χ4v) is 3.93. The van der Waals surface area contributed by atoms with Gasteiger partial charge in [0.1, 0.15) is 0 Å². The van der Waals surface area contributed by atoms with Gasteiger partial charge in [0.05, 0.1) is 12.0 Å². The number of likely N-dealkylation sites (N-methyl/N-ethyl adjacent to an activating group) is 1. The van der Waals surface area contributed by atoms with Gasteiger partial charge in [-0.25, -0.2) is 0 Å². The lowest BCUT2D eigenvalue weighted by molar-refractivity contribution is -0.140. The first-order valence-electron chi connectivity index (χ1n) is 9.41. The molecule has 0 saturated carbocycles. The van der Waals surface area contributed by atoms with Gasteiger partial charge in [-0.1, -0.05) is 30.3 Å². The Kier molecular flexibility index (Phi) is 6.27. The number of benzene rings is 1. The predicted molar refractivity (Wildman–Crippen MR) is 99.6 cm³/mol. The molecule has 2 fully saturated rings. The van der Waals surface area contributed by atoms with Crippen LogP contribution in [0, 0.1) is 5.92 Å². The largest absolute Gasteiger partial charge is 0.385 e. The number of ether oxygens (including phenoxy) is 1. The van der Waals surface area contributed by atoms with E-state index in [0.29, 0.717) is 32.7 Å². The average Bonchev–Trinajstić information content (AvgIpc) is 3.03. The van der Waals surface area contributed by atoms with Gasteiger partial charge in [-0.3, -0.25) is 9.59 Å². The lowest BCUT2D eigenvalue weighted by Crippen LogP contribution is -2.51. The van der Waals surface area contributed by atoms with Crippen molar-refractivity contribution in [1.29, 1.82) is 0 Å². The van der Waals surface area contributed by atoms with Crippen LogP contribution in [-0.4, -0.2) is 80.0 Å². The molecule has 0 unspecified atom stereocenters. The van der Waals surface area contributed by atoms with Gasteiger partial charge in [-0.15, -0.1) is 0 Å². The summed E-state index contributed by atoms with van der Waals surface area (Å²) in [5.41, 5.74) is 1.16. The SMILES string of the molecule is COCCCN1C[C@H](C(=O)N2CCN(C)C[C@H]2c2ccccc2)CC1=O.